The van der Waals surface area contributed by atoms with Gasteiger partial charge in [0, 0.05) is 43.9 Å². The summed E-state index contributed by atoms with van der Waals surface area (Å²) in [7, 11) is 0. The van der Waals surface area contributed by atoms with Gasteiger partial charge in [-0.05, 0) is 30.5 Å². The van der Waals surface area contributed by atoms with Gasteiger partial charge in [-0.15, -0.1) is 0 Å². The van der Waals surface area contributed by atoms with Gasteiger partial charge in [0.15, 0.2) is 5.67 Å². The molecule has 2 aliphatic rings. The Balaban J connectivity index is 1.59. The molecule has 2 heterocycles. The van der Waals surface area contributed by atoms with Gasteiger partial charge < -0.3 is 5.32 Å². The number of fused-ring (bicyclic) bond motifs is 1. The highest BCUT2D eigenvalue weighted by Gasteiger charge is 2.34. The van der Waals surface area contributed by atoms with E-state index in [2.05, 4.69) is 10.3 Å². The minimum atomic E-state index is -1.77. The SMILES string of the molecule is N#CC1(F)CCN(Cc2cc(C(=O)NC3CCCCC3)nc3c(F)cccc23)CC1. The molecule has 30 heavy (non-hydrogen) atoms. The molecule has 7 heteroatoms. The van der Waals surface area contributed by atoms with Crippen LogP contribution in [0.1, 0.15) is 61.0 Å². The smallest absolute Gasteiger partial charge is 0.270 e. The number of pyridine rings is 1. The molecular weight excluding hydrogens is 386 g/mol. The van der Waals surface area contributed by atoms with Gasteiger partial charge in [-0.3, -0.25) is 9.69 Å². The lowest BCUT2D eigenvalue weighted by Crippen LogP contribution is -2.40. The molecule has 0 bridgehead atoms. The quantitative estimate of drug-likeness (QED) is 0.815. The molecule has 1 saturated carbocycles. The van der Waals surface area contributed by atoms with Crippen LogP contribution in [0.2, 0.25) is 0 Å². The van der Waals surface area contributed by atoms with E-state index in [1.165, 1.54) is 12.5 Å². The zero-order valence-electron chi connectivity index (χ0n) is 17.0. The van der Waals surface area contributed by atoms with E-state index in [-0.39, 0.29) is 36.0 Å². The van der Waals surface area contributed by atoms with Crippen LogP contribution >= 0.6 is 0 Å². The van der Waals surface area contributed by atoms with E-state index >= 15 is 0 Å². The highest BCUT2D eigenvalue weighted by Crippen LogP contribution is 2.28. The van der Waals surface area contributed by atoms with Crippen LogP contribution < -0.4 is 5.32 Å². The zero-order valence-corrected chi connectivity index (χ0v) is 17.0. The van der Waals surface area contributed by atoms with Crippen molar-refractivity contribution in [3.8, 4) is 6.07 Å². The van der Waals surface area contributed by atoms with E-state index in [1.54, 1.807) is 24.3 Å². The van der Waals surface area contributed by atoms with Crippen molar-refractivity contribution in [2.45, 2.75) is 63.2 Å². The van der Waals surface area contributed by atoms with Crippen LogP contribution in [0.4, 0.5) is 8.78 Å². The maximum absolute atomic E-state index is 14.5. The Hall–Kier alpha value is -2.59. The Morgan fingerprint density at radius 1 is 1.27 bits per heavy atom. The average molecular weight is 412 g/mol. The molecule has 0 unspecified atom stereocenters. The Bertz CT molecular complexity index is 973. The summed E-state index contributed by atoms with van der Waals surface area (Å²) >= 11 is 0. The molecule has 1 N–H and O–H groups in total. The summed E-state index contributed by atoms with van der Waals surface area (Å²) < 4.78 is 28.7. The van der Waals surface area contributed by atoms with Gasteiger partial charge in [-0.2, -0.15) is 5.26 Å². The molecule has 2 fully saturated rings. The lowest BCUT2D eigenvalue weighted by atomic mass is 9.94. The number of likely N-dealkylation sites (tertiary alicyclic amines) is 1. The number of hydrogen-bond donors (Lipinski definition) is 1. The van der Waals surface area contributed by atoms with Gasteiger partial charge in [0.25, 0.3) is 5.91 Å². The van der Waals surface area contributed by atoms with Crippen LogP contribution in [0.5, 0.6) is 0 Å². The topological polar surface area (TPSA) is 69.0 Å². The molecule has 5 nitrogen and oxygen atoms in total. The molecule has 1 amide bonds. The minimum Gasteiger partial charge on any atom is -0.348 e. The van der Waals surface area contributed by atoms with Gasteiger partial charge in [0.1, 0.15) is 23.1 Å². The van der Waals surface area contributed by atoms with Crippen LogP contribution in [-0.4, -0.2) is 40.6 Å². The second-order valence-electron chi connectivity index (χ2n) is 8.46. The number of para-hydroxylation sites is 1. The van der Waals surface area contributed by atoms with Crippen LogP contribution in [0, 0.1) is 17.1 Å². The molecule has 0 spiro atoms. The fourth-order valence-corrected chi connectivity index (χ4v) is 4.46. The van der Waals surface area contributed by atoms with E-state index in [0.717, 1.165) is 31.2 Å². The summed E-state index contributed by atoms with van der Waals surface area (Å²) in [6.07, 6.45) is 5.60. The first kappa shape index (κ1) is 20.7. The van der Waals surface area contributed by atoms with Crippen molar-refractivity contribution < 1.29 is 13.6 Å². The van der Waals surface area contributed by atoms with Crippen LogP contribution in [0.15, 0.2) is 24.3 Å². The van der Waals surface area contributed by atoms with E-state index in [0.29, 0.717) is 25.0 Å². The lowest BCUT2D eigenvalue weighted by Gasteiger charge is -2.32. The lowest BCUT2D eigenvalue weighted by molar-refractivity contribution is 0.0922. The van der Waals surface area contributed by atoms with Gasteiger partial charge in [-0.25, -0.2) is 13.8 Å². The fraction of sp³-hybridized carbons (Fsp3) is 0.522. The number of carbonyl (C=O) groups is 1. The third-order valence-corrected chi connectivity index (χ3v) is 6.29. The largest absolute Gasteiger partial charge is 0.348 e. The Morgan fingerprint density at radius 2 is 2.00 bits per heavy atom. The van der Waals surface area contributed by atoms with Gasteiger partial charge in [0.05, 0.1) is 0 Å². The maximum Gasteiger partial charge on any atom is 0.270 e. The Labute approximate surface area is 175 Å². The van der Waals surface area contributed by atoms with Crippen molar-refractivity contribution in [1.82, 2.24) is 15.2 Å². The molecule has 4 rings (SSSR count). The Kier molecular flexibility index (Phi) is 5.96. The van der Waals surface area contributed by atoms with Crippen LogP contribution in [0.3, 0.4) is 0 Å². The molecule has 158 valence electrons. The van der Waals surface area contributed by atoms with Gasteiger partial charge in [0.2, 0.25) is 0 Å². The third kappa shape index (κ3) is 4.44. The number of benzene rings is 1. The number of hydrogen-bond acceptors (Lipinski definition) is 4. The highest BCUT2D eigenvalue weighted by atomic mass is 19.1. The van der Waals surface area contributed by atoms with Crippen molar-refractivity contribution in [3.05, 3.63) is 41.3 Å². The van der Waals surface area contributed by atoms with E-state index in [9.17, 15) is 13.6 Å². The van der Waals surface area contributed by atoms with E-state index in [4.69, 9.17) is 5.26 Å². The summed E-state index contributed by atoms with van der Waals surface area (Å²) in [5, 5.41) is 12.7. The molecule has 0 atom stereocenters. The predicted molar refractivity (Wildman–Crippen MR) is 110 cm³/mol. The number of halogens is 2. The second kappa shape index (κ2) is 8.65. The summed E-state index contributed by atoms with van der Waals surface area (Å²) in [4.78, 5) is 19.2. The number of aromatic nitrogens is 1. The molecule has 1 aromatic heterocycles. The normalized spacial score (nSPS) is 20.0. The fourth-order valence-electron chi connectivity index (χ4n) is 4.46. The molecule has 1 aliphatic heterocycles. The first-order chi connectivity index (χ1) is 14.5. The van der Waals surface area contributed by atoms with Crippen molar-refractivity contribution in [1.29, 1.82) is 5.26 Å². The Morgan fingerprint density at radius 3 is 2.70 bits per heavy atom. The predicted octanol–water partition coefficient (Wildman–Crippen LogP) is 4.26. The van der Waals surface area contributed by atoms with Gasteiger partial charge >= 0.3 is 0 Å². The number of piperidine rings is 1. The van der Waals surface area contributed by atoms with Crippen molar-refractivity contribution in [3.63, 3.8) is 0 Å². The molecule has 1 saturated heterocycles. The zero-order chi connectivity index (χ0) is 21.1. The summed E-state index contributed by atoms with van der Waals surface area (Å²) in [5.41, 5.74) is -0.593. The third-order valence-electron chi connectivity index (χ3n) is 6.29. The van der Waals surface area contributed by atoms with E-state index in [1.807, 2.05) is 4.90 Å². The average Bonchev–Trinajstić information content (AvgIpc) is 2.76. The van der Waals surface area contributed by atoms with Crippen molar-refractivity contribution in [2.75, 3.05) is 13.1 Å². The van der Waals surface area contributed by atoms with Crippen molar-refractivity contribution in [2.24, 2.45) is 0 Å². The summed E-state index contributed by atoms with van der Waals surface area (Å²) in [6.45, 7) is 1.33. The second-order valence-corrected chi connectivity index (χ2v) is 8.46. The maximum atomic E-state index is 14.5. The number of nitrogens with zero attached hydrogens (tertiary/aromatic N) is 3. The van der Waals surface area contributed by atoms with Crippen LogP contribution in [-0.2, 0) is 6.54 Å². The van der Waals surface area contributed by atoms with Crippen molar-refractivity contribution >= 4 is 16.8 Å². The number of rotatable bonds is 4. The molecule has 2 aromatic rings. The highest BCUT2D eigenvalue weighted by molar-refractivity contribution is 5.96. The number of amides is 1. The molecule has 0 radical (unpaired) electrons. The number of nitriles is 1. The minimum absolute atomic E-state index is 0.138. The molecule has 1 aliphatic carbocycles. The van der Waals surface area contributed by atoms with Crippen LogP contribution in [0.25, 0.3) is 10.9 Å². The monoisotopic (exact) mass is 412 g/mol. The van der Waals surface area contributed by atoms with E-state index < -0.39 is 11.5 Å². The first-order valence-electron chi connectivity index (χ1n) is 10.7. The molecular formula is C23H26F2N4O. The number of alkyl halides is 1. The molecule has 1 aromatic carbocycles. The first-order valence-corrected chi connectivity index (χ1v) is 10.7. The number of nitrogens with one attached hydrogen (secondary N) is 1. The summed E-state index contributed by atoms with van der Waals surface area (Å²) in [5.74, 6) is -0.744. The summed E-state index contributed by atoms with van der Waals surface area (Å²) in [6, 6.07) is 8.38. The number of carbonyl (C=O) groups excluding carboxylic acids is 1. The standard InChI is InChI=1S/C23H26F2N4O/c24-19-8-4-7-18-16(14-29-11-9-23(25,15-26)10-12-29)13-20(28-21(18)19)22(30)27-17-5-2-1-3-6-17/h4,7-8,13,17H,1-3,5-6,9-12,14H2,(H,27,30). The van der Waals surface area contributed by atoms with Gasteiger partial charge in [-0.1, -0.05) is 31.4 Å².